The summed E-state index contributed by atoms with van der Waals surface area (Å²) in [4.78, 5) is 0. The van der Waals surface area contributed by atoms with E-state index in [1.165, 1.54) is 11.5 Å². The summed E-state index contributed by atoms with van der Waals surface area (Å²) in [6.07, 6.45) is 3.99. The van der Waals surface area contributed by atoms with Crippen molar-refractivity contribution < 1.29 is 0 Å². The van der Waals surface area contributed by atoms with Crippen LogP contribution in [-0.2, 0) is 0 Å². The Morgan fingerprint density at radius 1 is 1.40 bits per heavy atom. The highest BCUT2D eigenvalue weighted by atomic mass is 32.2. The molecule has 56 valence electrons. The molecule has 5 heteroatoms. The zero-order valence-electron chi connectivity index (χ0n) is 5.75. The first-order chi connectivity index (χ1) is 4.79. The van der Waals surface area contributed by atoms with Crippen molar-refractivity contribution in [3.05, 3.63) is 0 Å². The summed E-state index contributed by atoms with van der Waals surface area (Å²) in [5.41, 5.74) is 6.57. The lowest BCUT2D eigenvalue weighted by atomic mass is 10.6. The van der Waals surface area contributed by atoms with E-state index in [-0.39, 0.29) is 0 Å². The number of hydrogen-bond donors (Lipinski definition) is 1. The van der Waals surface area contributed by atoms with Crippen LogP contribution in [0.15, 0.2) is 9.24 Å². The topological polar surface area (TPSA) is 38.9 Å². The van der Waals surface area contributed by atoms with Crippen LogP contribution in [0.2, 0.25) is 0 Å². The van der Waals surface area contributed by atoms with Gasteiger partial charge in [-0.15, -0.1) is 23.5 Å². The van der Waals surface area contributed by atoms with Crippen molar-refractivity contribution in [2.45, 2.75) is 9.24 Å². The number of thioether (sulfide) groups is 2. The summed E-state index contributed by atoms with van der Waals surface area (Å²) in [6.45, 7) is 0. The van der Waals surface area contributed by atoms with Gasteiger partial charge in [-0.1, -0.05) is 0 Å². The van der Waals surface area contributed by atoms with Crippen molar-refractivity contribution >= 4 is 40.7 Å². The molecule has 1 aromatic heterocycles. The third-order valence-electron chi connectivity index (χ3n) is 1.04. The largest absolute Gasteiger partial charge is 0.395 e. The minimum atomic E-state index is 0.838. The number of nitrogens with zero attached hydrogens (tertiary/aromatic N) is 1. The molecule has 0 aliphatic carbocycles. The quantitative estimate of drug-likeness (QED) is 0.729. The van der Waals surface area contributed by atoms with Crippen LogP contribution in [0.25, 0.3) is 0 Å². The van der Waals surface area contributed by atoms with Gasteiger partial charge in [0.25, 0.3) is 0 Å². The van der Waals surface area contributed by atoms with Gasteiger partial charge in [0.2, 0.25) is 0 Å². The first-order valence-corrected chi connectivity index (χ1v) is 5.85. The van der Waals surface area contributed by atoms with E-state index in [9.17, 15) is 0 Å². The second kappa shape index (κ2) is 3.50. The smallest absolute Gasteiger partial charge is 0.134 e. The molecular weight excluding hydrogens is 184 g/mol. The molecule has 1 aromatic rings. The van der Waals surface area contributed by atoms with E-state index < -0.39 is 0 Å². The molecule has 2 nitrogen and oxygen atoms in total. The van der Waals surface area contributed by atoms with E-state index in [4.69, 9.17) is 5.73 Å². The molecule has 10 heavy (non-hydrogen) atoms. The van der Waals surface area contributed by atoms with Crippen molar-refractivity contribution in [1.29, 1.82) is 0 Å². The van der Waals surface area contributed by atoms with Gasteiger partial charge in [-0.3, -0.25) is 0 Å². The van der Waals surface area contributed by atoms with Crippen LogP contribution in [0.3, 0.4) is 0 Å². The maximum atomic E-state index is 5.73. The van der Waals surface area contributed by atoms with E-state index in [0.29, 0.717) is 0 Å². The van der Waals surface area contributed by atoms with Gasteiger partial charge in [0.15, 0.2) is 0 Å². The van der Waals surface area contributed by atoms with Gasteiger partial charge in [-0.2, -0.15) is 4.37 Å². The normalized spacial score (nSPS) is 10.2. The van der Waals surface area contributed by atoms with Gasteiger partial charge >= 0.3 is 0 Å². The lowest BCUT2D eigenvalue weighted by molar-refractivity contribution is 1.29. The molecule has 1 heterocycles. The van der Waals surface area contributed by atoms with Crippen molar-refractivity contribution in [2.24, 2.45) is 0 Å². The first kappa shape index (κ1) is 8.23. The van der Waals surface area contributed by atoms with Crippen molar-refractivity contribution in [2.75, 3.05) is 18.2 Å². The molecule has 0 aromatic carbocycles. The van der Waals surface area contributed by atoms with E-state index in [0.717, 1.165) is 14.9 Å². The van der Waals surface area contributed by atoms with Gasteiger partial charge in [0.1, 0.15) is 9.24 Å². The maximum Gasteiger partial charge on any atom is 0.134 e. The molecule has 0 amide bonds. The van der Waals surface area contributed by atoms with Crippen LogP contribution in [0, 0.1) is 0 Å². The highest BCUT2D eigenvalue weighted by molar-refractivity contribution is 8.01. The van der Waals surface area contributed by atoms with Crippen LogP contribution >= 0.6 is 35.1 Å². The van der Waals surface area contributed by atoms with Gasteiger partial charge in [0, 0.05) is 0 Å². The fourth-order valence-corrected chi connectivity index (χ4v) is 2.61. The minimum absolute atomic E-state index is 0.838. The summed E-state index contributed by atoms with van der Waals surface area (Å²) in [5, 5.41) is 0.953. The molecule has 0 saturated heterocycles. The average molecular weight is 192 g/mol. The fourth-order valence-electron chi connectivity index (χ4n) is 0.563. The summed E-state index contributed by atoms with van der Waals surface area (Å²) < 4.78 is 5.28. The lowest BCUT2D eigenvalue weighted by Gasteiger charge is -1.91. The Morgan fingerprint density at radius 2 is 2.10 bits per heavy atom. The second-order valence-corrected chi connectivity index (χ2v) is 4.24. The lowest BCUT2D eigenvalue weighted by Crippen LogP contribution is -1.84. The fraction of sp³-hybridized carbons (Fsp3) is 0.400. The Balaban J connectivity index is 2.97. The Morgan fingerprint density at radius 3 is 2.40 bits per heavy atom. The minimum Gasteiger partial charge on any atom is -0.395 e. The molecule has 2 N–H and O–H groups in total. The average Bonchev–Trinajstić information content (AvgIpc) is 2.30. The predicted molar refractivity (Wildman–Crippen MR) is 50.1 cm³/mol. The Bertz CT molecular complexity index is 199. The number of rotatable bonds is 2. The van der Waals surface area contributed by atoms with Gasteiger partial charge in [-0.25, -0.2) is 0 Å². The molecule has 0 aliphatic rings. The molecule has 0 spiro atoms. The molecule has 0 bridgehead atoms. The van der Waals surface area contributed by atoms with E-state index in [2.05, 4.69) is 4.37 Å². The second-order valence-electron chi connectivity index (χ2n) is 1.60. The van der Waals surface area contributed by atoms with Crippen LogP contribution < -0.4 is 5.73 Å². The molecule has 0 fully saturated rings. The molecule has 0 aliphatic heterocycles. The van der Waals surface area contributed by atoms with Crippen LogP contribution in [0.5, 0.6) is 0 Å². The Labute approximate surface area is 72.7 Å². The van der Waals surface area contributed by atoms with Crippen molar-refractivity contribution in [3.8, 4) is 0 Å². The number of aromatic nitrogens is 1. The SMILES string of the molecule is CSc1nsc(SC)c1N. The predicted octanol–water partition coefficient (Wildman–Crippen LogP) is 2.17. The third-order valence-corrected chi connectivity index (χ3v) is 3.83. The number of nitrogen functional groups attached to an aromatic ring is 1. The zero-order chi connectivity index (χ0) is 7.56. The summed E-state index contributed by atoms with van der Waals surface area (Å²) in [5.74, 6) is 0. The molecular formula is C5H8N2S3. The van der Waals surface area contributed by atoms with Crippen LogP contribution in [0.1, 0.15) is 0 Å². The standard InChI is InChI=1S/C5H8N2S3/c1-8-4-3(6)5(9-2)10-7-4/h6H2,1-2H3. The Kier molecular flexibility index (Phi) is 2.88. The number of anilines is 1. The molecule has 1 rings (SSSR count). The van der Waals surface area contributed by atoms with Crippen LogP contribution in [-0.4, -0.2) is 16.9 Å². The van der Waals surface area contributed by atoms with Gasteiger partial charge in [0.05, 0.1) is 5.69 Å². The van der Waals surface area contributed by atoms with Gasteiger partial charge in [-0.05, 0) is 24.0 Å². The van der Waals surface area contributed by atoms with E-state index in [1.54, 1.807) is 23.5 Å². The highest BCUT2D eigenvalue weighted by Gasteiger charge is 2.07. The molecule has 0 radical (unpaired) electrons. The Hall–Kier alpha value is 0.130. The van der Waals surface area contributed by atoms with E-state index in [1.807, 2.05) is 12.5 Å². The van der Waals surface area contributed by atoms with E-state index >= 15 is 0 Å². The molecule has 0 unspecified atom stereocenters. The van der Waals surface area contributed by atoms with Crippen LogP contribution in [0.4, 0.5) is 5.69 Å². The van der Waals surface area contributed by atoms with Gasteiger partial charge < -0.3 is 5.73 Å². The summed E-state index contributed by atoms with van der Waals surface area (Å²) in [7, 11) is 0. The summed E-state index contributed by atoms with van der Waals surface area (Å²) in [6, 6.07) is 0. The highest BCUT2D eigenvalue weighted by Crippen LogP contribution is 2.34. The van der Waals surface area contributed by atoms with Crippen molar-refractivity contribution in [1.82, 2.24) is 4.37 Å². The monoisotopic (exact) mass is 192 g/mol. The molecule has 0 atom stereocenters. The van der Waals surface area contributed by atoms with Crippen molar-refractivity contribution in [3.63, 3.8) is 0 Å². The number of hydrogen-bond acceptors (Lipinski definition) is 5. The number of nitrogens with two attached hydrogens (primary N) is 1. The summed E-state index contributed by atoms with van der Waals surface area (Å²) >= 11 is 4.71. The molecule has 0 saturated carbocycles. The maximum absolute atomic E-state index is 5.73. The first-order valence-electron chi connectivity index (χ1n) is 2.62. The third kappa shape index (κ3) is 1.41. The zero-order valence-corrected chi connectivity index (χ0v) is 8.20.